The van der Waals surface area contributed by atoms with Crippen LogP contribution in [0, 0.1) is 0 Å². The number of hydrogen-bond acceptors (Lipinski definition) is 1. The Hall–Kier alpha value is -0.210. The van der Waals surface area contributed by atoms with Gasteiger partial charge in [0.05, 0.1) is 12.0 Å². The molecule has 0 saturated heterocycles. The Labute approximate surface area is 124 Å². The van der Waals surface area contributed by atoms with E-state index in [1.807, 2.05) is 19.1 Å². The molecule has 0 radical (unpaired) electrons. The maximum Gasteiger partial charge on any atom is 0.120 e. The largest absolute Gasteiger partial charge is 0.494 e. The molecular formula is C15H22BrClO. The van der Waals surface area contributed by atoms with Crippen LogP contribution in [0.25, 0.3) is 0 Å². The van der Waals surface area contributed by atoms with Crippen molar-refractivity contribution in [3.63, 3.8) is 0 Å². The molecule has 0 saturated carbocycles. The molecule has 1 aromatic carbocycles. The number of ether oxygens (including phenoxy) is 1. The van der Waals surface area contributed by atoms with Gasteiger partial charge in [-0.3, -0.25) is 0 Å². The first-order valence-corrected chi connectivity index (χ1v) is 7.98. The molecule has 0 aliphatic carbocycles. The highest BCUT2D eigenvalue weighted by molar-refractivity contribution is 9.10. The Morgan fingerprint density at radius 2 is 2.00 bits per heavy atom. The SMILES string of the molecule is CCCCCCC(Cl)c1ccc(OCC)cc1Br. The lowest BCUT2D eigenvalue weighted by atomic mass is 10.0. The topological polar surface area (TPSA) is 9.23 Å². The monoisotopic (exact) mass is 332 g/mol. The minimum Gasteiger partial charge on any atom is -0.494 e. The molecule has 18 heavy (non-hydrogen) atoms. The number of alkyl halides is 1. The third-order valence-electron chi connectivity index (χ3n) is 2.93. The van der Waals surface area contributed by atoms with Gasteiger partial charge in [-0.2, -0.15) is 0 Å². The fourth-order valence-electron chi connectivity index (χ4n) is 1.92. The first kappa shape index (κ1) is 15.8. The molecule has 1 aromatic rings. The lowest BCUT2D eigenvalue weighted by Gasteiger charge is -2.13. The molecule has 3 heteroatoms. The number of unbranched alkanes of at least 4 members (excludes halogenated alkanes) is 3. The van der Waals surface area contributed by atoms with Gasteiger partial charge in [0.15, 0.2) is 0 Å². The van der Waals surface area contributed by atoms with E-state index in [0.29, 0.717) is 6.61 Å². The predicted molar refractivity (Wildman–Crippen MR) is 82.7 cm³/mol. The third-order valence-corrected chi connectivity index (χ3v) is 4.07. The molecule has 0 fully saturated rings. The van der Waals surface area contributed by atoms with E-state index in [1.54, 1.807) is 0 Å². The summed E-state index contributed by atoms with van der Waals surface area (Å²) in [6, 6.07) is 6.05. The van der Waals surface area contributed by atoms with Gasteiger partial charge in [-0.15, -0.1) is 11.6 Å². The Balaban J connectivity index is 2.54. The zero-order valence-corrected chi connectivity index (χ0v) is 13.6. The molecule has 0 aliphatic rings. The van der Waals surface area contributed by atoms with Gasteiger partial charge in [0.25, 0.3) is 0 Å². The van der Waals surface area contributed by atoms with E-state index in [0.717, 1.165) is 22.2 Å². The number of hydrogen-bond donors (Lipinski definition) is 0. The van der Waals surface area contributed by atoms with Gasteiger partial charge < -0.3 is 4.74 Å². The van der Waals surface area contributed by atoms with Gasteiger partial charge in [0, 0.05) is 4.47 Å². The van der Waals surface area contributed by atoms with Gasteiger partial charge in [0.1, 0.15) is 5.75 Å². The van der Waals surface area contributed by atoms with Crippen LogP contribution in [0.1, 0.15) is 56.9 Å². The fraction of sp³-hybridized carbons (Fsp3) is 0.600. The zero-order valence-electron chi connectivity index (χ0n) is 11.2. The second-order valence-electron chi connectivity index (χ2n) is 4.43. The van der Waals surface area contributed by atoms with Crippen molar-refractivity contribution in [1.29, 1.82) is 0 Å². The molecule has 0 bridgehead atoms. The average molecular weight is 334 g/mol. The molecule has 0 aromatic heterocycles. The van der Waals surface area contributed by atoms with Crippen LogP contribution in [-0.2, 0) is 0 Å². The van der Waals surface area contributed by atoms with Gasteiger partial charge in [0.2, 0.25) is 0 Å². The summed E-state index contributed by atoms with van der Waals surface area (Å²) in [5.74, 6) is 0.892. The number of halogens is 2. The Kier molecular flexibility index (Phi) is 7.76. The van der Waals surface area contributed by atoms with Crippen molar-refractivity contribution in [1.82, 2.24) is 0 Å². The second-order valence-corrected chi connectivity index (χ2v) is 5.81. The standard InChI is InChI=1S/C15H22BrClO/c1-3-5-6-7-8-15(17)13-10-9-12(18-4-2)11-14(13)16/h9-11,15H,3-8H2,1-2H3. The van der Waals surface area contributed by atoms with Crippen LogP contribution in [0.15, 0.2) is 22.7 Å². The summed E-state index contributed by atoms with van der Waals surface area (Å²) in [6.45, 7) is 4.90. The van der Waals surface area contributed by atoms with Crippen LogP contribution in [0.3, 0.4) is 0 Å². The van der Waals surface area contributed by atoms with Crippen LogP contribution in [0.5, 0.6) is 5.75 Å². The van der Waals surface area contributed by atoms with Crippen molar-refractivity contribution >= 4 is 27.5 Å². The predicted octanol–water partition coefficient (Wildman–Crippen LogP) is 6.10. The second kappa shape index (κ2) is 8.82. The molecule has 0 heterocycles. The van der Waals surface area contributed by atoms with Crippen molar-refractivity contribution in [3.8, 4) is 5.75 Å². The molecular weight excluding hydrogens is 312 g/mol. The van der Waals surface area contributed by atoms with Crippen molar-refractivity contribution in [2.75, 3.05) is 6.61 Å². The fourth-order valence-corrected chi connectivity index (χ4v) is 3.03. The maximum absolute atomic E-state index is 6.45. The summed E-state index contributed by atoms with van der Waals surface area (Å²) < 4.78 is 6.51. The average Bonchev–Trinajstić information content (AvgIpc) is 2.35. The summed E-state index contributed by atoms with van der Waals surface area (Å²) in [4.78, 5) is 0. The Morgan fingerprint density at radius 1 is 1.22 bits per heavy atom. The maximum atomic E-state index is 6.45. The Morgan fingerprint density at radius 3 is 2.61 bits per heavy atom. The number of benzene rings is 1. The summed E-state index contributed by atoms with van der Waals surface area (Å²) >= 11 is 10.0. The van der Waals surface area contributed by atoms with E-state index in [-0.39, 0.29) is 5.38 Å². The van der Waals surface area contributed by atoms with Crippen LogP contribution in [-0.4, -0.2) is 6.61 Å². The van der Waals surface area contributed by atoms with Gasteiger partial charge in [-0.05, 0) is 31.0 Å². The third kappa shape index (κ3) is 5.19. The molecule has 1 unspecified atom stereocenters. The summed E-state index contributed by atoms with van der Waals surface area (Å²) in [6.07, 6.45) is 6.07. The molecule has 1 rings (SSSR count). The molecule has 0 aliphatic heterocycles. The van der Waals surface area contributed by atoms with E-state index < -0.39 is 0 Å². The van der Waals surface area contributed by atoms with E-state index in [2.05, 4.69) is 28.9 Å². The Bertz CT molecular complexity index is 354. The van der Waals surface area contributed by atoms with E-state index >= 15 is 0 Å². The lowest BCUT2D eigenvalue weighted by molar-refractivity contribution is 0.340. The summed E-state index contributed by atoms with van der Waals surface area (Å²) in [5.41, 5.74) is 1.16. The van der Waals surface area contributed by atoms with E-state index in [9.17, 15) is 0 Å². The van der Waals surface area contributed by atoms with Crippen LogP contribution in [0.4, 0.5) is 0 Å². The molecule has 0 amide bonds. The highest BCUT2D eigenvalue weighted by Gasteiger charge is 2.12. The quantitative estimate of drug-likeness (QED) is 0.412. The van der Waals surface area contributed by atoms with Gasteiger partial charge >= 0.3 is 0 Å². The summed E-state index contributed by atoms with van der Waals surface area (Å²) in [5, 5.41) is 0.0897. The van der Waals surface area contributed by atoms with Crippen molar-refractivity contribution < 1.29 is 4.74 Å². The number of rotatable bonds is 8. The first-order valence-electron chi connectivity index (χ1n) is 6.75. The molecule has 1 nitrogen and oxygen atoms in total. The van der Waals surface area contributed by atoms with Gasteiger partial charge in [-0.1, -0.05) is 54.6 Å². The highest BCUT2D eigenvalue weighted by Crippen LogP contribution is 2.34. The van der Waals surface area contributed by atoms with Crippen LogP contribution >= 0.6 is 27.5 Å². The van der Waals surface area contributed by atoms with Crippen LogP contribution < -0.4 is 4.74 Å². The van der Waals surface area contributed by atoms with E-state index in [4.69, 9.17) is 16.3 Å². The first-order chi connectivity index (χ1) is 8.69. The van der Waals surface area contributed by atoms with E-state index in [1.165, 1.54) is 25.7 Å². The zero-order chi connectivity index (χ0) is 13.4. The lowest BCUT2D eigenvalue weighted by Crippen LogP contribution is -1.95. The minimum absolute atomic E-state index is 0.0897. The van der Waals surface area contributed by atoms with Crippen molar-refractivity contribution in [3.05, 3.63) is 28.2 Å². The smallest absolute Gasteiger partial charge is 0.120 e. The minimum atomic E-state index is 0.0897. The summed E-state index contributed by atoms with van der Waals surface area (Å²) in [7, 11) is 0. The van der Waals surface area contributed by atoms with Crippen molar-refractivity contribution in [2.45, 2.75) is 51.3 Å². The molecule has 102 valence electrons. The highest BCUT2D eigenvalue weighted by atomic mass is 79.9. The normalized spacial score (nSPS) is 12.4. The molecule has 0 spiro atoms. The molecule has 0 N–H and O–H groups in total. The van der Waals surface area contributed by atoms with Crippen molar-refractivity contribution in [2.24, 2.45) is 0 Å². The van der Waals surface area contributed by atoms with Crippen LogP contribution in [0.2, 0.25) is 0 Å². The van der Waals surface area contributed by atoms with Gasteiger partial charge in [-0.25, -0.2) is 0 Å². The molecule has 1 atom stereocenters.